The number of amides is 1. The number of rotatable bonds is 4. The van der Waals surface area contributed by atoms with Crippen molar-refractivity contribution < 1.29 is 28.2 Å². The number of carbonyl (C=O) groups excluding carboxylic acids is 1. The molecule has 1 amide bonds. The molecule has 0 radical (unpaired) electrons. The summed E-state index contributed by atoms with van der Waals surface area (Å²) in [5.41, 5.74) is -0.368. The highest BCUT2D eigenvalue weighted by Crippen LogP contribution is 2.33. The lowest BCUT2D eigenvalue weighted by Gasteiger charge is -2.41. The topological polar surface area (TPSA) is 66.8 Å². The first-order chi connectivity index (χ1) is 9.47. The maximum absolute atomic E-state index is 13.6. The van der Waals surface area contributed by atoms with Crippen molar-refractivity contribution in [2.24, 2.45) is 5.92 Å². The Labute approximate surface area is 113 Å². The molecule has 1 aromatic rings. The number of nitrogens with zero attached hydrogens (tertiary/aromatic N) is 1. The fraction of sp³-hybridized carbons (Fsp3) is 0.385. The molecule has 1 unspecified atom stereocenters. The normalized spacial score (nSPS) is 16.6. The van der Waals surface area contributed by atoms with Crippen molar-refractivity contribution in [3.63, 3.8) is 0 Å². The summed E-state index contributed by atoms with van der Waals surface area (Å²) in [5, 5.41) is 8.76. The number of likely N-dealkylation sites (tertiary alicyclic amines) is 1. The minimum absolute atomic E-state index is 0.117. The molecule has 1 aliphatic heterocycles. The van der Waals surface area contributed by atoms with Crippen LogP contribution in [0.5, 0.6) is 0 Å². The Morgan fingerprint density at radius 1 is 1.45 bits per heavy atom. The van der Waals surface area contributed by atoms with Gasteiger partial charge in [0.15, 0.2) is 6.29 Å². The molecule has 1 atom stereocenters. The van der Waals surface area contributed by atoms with Gasteiger partial charge >= 0.3 is 6.09 Å². The van der Waals surface area contributed by atoms with E-state index in [-0.39, 0.29) is 30.9 Å². The molecule has 1 fully saturated rings. The third-order valence-corrected chi connectivity index (χ3v) is 3.41. The monoisotopic (exact) mass is 285 g/mol. The van der Waals surface area contributed by atoms with E-state index in [2.05, 4.69) is 0 Å². The highest BCUT2D eigenvalue weighted by molar-refractivity contribution is 5.75. The third-order valence-electron chi connectivity index (χ3n) is 3.41. The van der Waals surface area contributed by atoms with Gasteiger partial charge in [-0.15, -0.1) is 0 Å². The van der Waals surface area contributed by atoms with E-state index >= 15 is 0 Å². The van der Waals surface area contributed by atoms with Crippen LogP contribution >= 0.6 is 0 Å². The first kappa shape index (κ1) is 14.4. The van der Waals surface area contributed by atoms with Crippen LogP contribution in [-0.4, -0.2) is 42.6 Å². The van der Waals surface area contributed by atoms with E-state index in [0.29, 0.717) is 0 Å². The van der Waals surface area contributed by atoms with Crippen LogP contribution in [0.4, 0.5) is 13.6 Å². The molecule has 20 heavy (non-hydrogen) atoms. The van der Waals surface area contributed by atoms with E-state index in [9.17, 15) is 18.4 Å². The van der Waals surface area contributed by atoms with Gasteiger partial charge in [-0.05, 0) is 17.7 Å². The molecule has 0 aromatic heterocycles. The van der Waals surface area contributed by atoms with Crippen LogP contribution < -0.4 is 0 Å². The first-order valence-corrected chi connectivity index (χ1v) is 5.92. The summed E-state index contributed by atoms with van der Waals surface area (Å²) >= 11 is 0. The average Bonchev–Trinajstić information content (AvgIpc) is 2.31. The zero-order valence-electron chi connectivity index (χ0n) is 10.7. The van der Waals surface area contributed by atoms with Gasteiger partial charge in [-0.1, -0.05) is 0 Å². The predicted octanol–water partition coefficient (Wildman–Crippen LogP) is 2.07. The number of carboxylic acid groups (broad SMARTS) is 1. The predicted molar refractivity (Wildman–Crippen MR) is 64.6 cm³/mol. The molecule has 0 aliphatic carbocycles. The lowest BCUT2D eigenvalue weighted by atomic mass is 9.88. The SMILES string of the molecule is COC(c1cc(F)c(C=O)c(F)c1)C1CN(C(=O)O)C1. The molecule has 0 spiro atoms. The quantitative estimate of drug-likeness (QED) is 0.860. The Kier molecular flexibility index (Phi) is 3.99. The number of hydrogen-bond acceptors (Lipinski definition) is 3. The van der Waals surface area contributed by atoms with Crippen molar-refractivity contribution in [2.75, 3.05) is 20.2 Å². The van der Waals surface area contributed by atoms with E-state index in [1.807, 2.05) is 0 Å². The maximum Gasteiger partial charge on any atom is 0.407 e. The molecule has 2 rings (SSSR count). The van der Waals surface area contributed by atoms with Crippen LogP contribution in [0.25, 0.3) is 0 Å². The van der Waals surface area contributed by atoms with Crippen LogP contribution in [0.1, 0.15) is 22.0 Å². The Balaban J connectivity index is 2.21. The van der Waals surface area contributed by atoms with Crippen LogP contribution in [-0.2, 0) is 4.74 Å². The highest BCUT2D eigenvalue weighted by atomic mass is 19.1. The first-order valence-electron chi connectivity index (χ1n) is 5.92. The largest absolute Gasteiger partial charge is 0.465 e. The summed E-state index contributed by atoms with van der Waals surface area (Å²) in [6.07, 6.45) is -1.54. The summed E-state index contributed by atoms with van der Waals surface area (Å²) in [7, 11) is 1.39. The smallest absolute Gasteiger partial charge is 0.407 e. The molecule has 108 valence electrons. The minimum Gasteiger partial charge on any atom is -0.465 e. The van der Waals surface area contributed by atoms with E-state index in [0.717, 1.165) is 12.1 Å². The Hall–Kier alpha value is -2.02. The molecule has 1 aliphatic rings. The molecule has 1 heterocycles. The number of ether oxygens (including phenoxy) is 1. The maximum atomic E-state index is 13.6. The summed E-state index contributed by atoms with van der Waals surface area (Å²) in [5.74, 6) is -2.07. The van der Waals surface area contributed by atoms with E-state index in [1.54, 1.807) is 0 Å². The lowest BCUT2D eigenvalue weighted by Crippen LogP contribution is -2.51. The van der Waals surface area contributed by atoms with Gasteiger partial charge < -0.3 is 14.7 Å². The number of hydrogen-bond donors (Lipinski definition) is 1. The van der Waals surface area contributed by atoms with Crippen molar-refractivity contribution in [1.29, 1.82) is 0 Å². The number of carbonyl (C=O) groups is 2. The van der Waals surface area contributed by atoms with Crippen molar-refractivity contribution in [2.45, 2.75) is 6.10 Å². The number of benzene rings is 1. The summed E-state index contributed by atoms with van der Waals surface area (Å²) in [4.78, 5) is 22.4. The van der Waals surface area contributed by atoms with Crippen LogP contribution in [0.2, 0.25) is 0 Å². The molecule has 1 saturated heterocycles. The van der Waals surface area contributed by atoms with Crippen molar-refractivity contribution in [1.82, 2.24) is 4.90 Å². The van der Waals surface area contributed by atoms with E-state index in [1.165, 1.54) is 12.0 Å². The second-order valence-electron chi connectivity index (χ2n) is 4.62. The molecule has 1 N–H and O–H groups in total. The standard InChI is InChI=1S/C13H13F2NO4/c1-20-12(8-4-16(5-8)13(18)19)7-2-10(14)9(6-17)11(15)3-7/h2-3,6,8,12H,4-5H2,1H3,(H,18,19). The molecule has 5 nitrogen and oxygen atoms in total. The average molecular weight is 285 g/mol. The van der Waals surface area contributed by atoms with Crippen molar-refractivity contribution >= 4 is 12.4 Å². The van der Waals surface area contributed by atoms with Gasteiger partial charge in [-0.25, -0.2) is 13.6 Å². The fourth-order valence-electron chi connectivity index (χ4n) is 2.34. The highest BCUT2D eigenvalue weighted by Gasteiger charge is 2.37. The van der Waals surface area contributed by atoms with E-state index in [4.69, 9.17) is 9.84 Å². The minimum atomic E-state index is -1.04. The zero-order valence-corrected chi connectivity index (χ0v) is 10.7. The van der Waals surface area contributed by atoms with Crippen molar-refractivity contribution in [3.05, 3.63) is 34.9 Å². The second kappa shape index (κ2) is 5.54. The molecule has 7 heteroatoms. The Morgan fingerprint density at radius 3 is 2.40 bits per heavy atom. The fourth-order valence-corrected chi connectivity index (χ4v) is 2.34. The third kappa shape index (κ3) is 2.49. The van der Waals surface area contributed by atoms with Gasteiger partial charge in [-0.2, -0.15) is 0 Å². The summed E-state index contributed by atoms with van der Waals surface area (Å²) in [6, 6.07) is 2.09. The molecule has 1 aromatic carbocycles. The van der Waals surface area contributed by atoms with Crippen molar-refractivity contribution in [3.8, 4) is 0 Å². The molecule has 0 saturated carbocycles. The van der Waals surface area contributed by atoms with Gasteiger partial charge in [0.05, 0.1) is 11.7 Å². The number of aldehydes is 1. The second-order valence-corrected chi connectivity index (χ2v) is 4.62. The number of halogens is 2. The van der Waals surface area contributed by atoms with Crippen LogP contribution in [0.15, 0.2) is 12.1 Å². The zero-order chi connectivity index (χ0) is 14.9. The van der Waals surface area contributed by atoms with E-state index < -0.39 is 29.4 Å². The molecular weight excluding hydrogens is 272 g/mol. The molecular formula is C13H13F2NO4. The summed E-state index contributed by atoms with van der Waals surface area (Å²) in [6.45, 7) is 0.485. The van der Waals surface area contributed by atoms with Crippen LogP contribution in [0, 0.1) is 17.6 Å². The lowest BCUT2D eigenvalue weighted by molar-refractivity contribution is -0.0224. The summed E-state index contributed by atoms with van der Waals surface area (Å²) < 4.78 is 32.3. The van der Waals surface area contributed by atoms with Gasteiger partial charge in [0.2, 0.25) is 0 Å². The van der Waals surface area contributed by atoms with Gasteiger partial charge in [0.25, 0.3) is 0 Å². The van der Waals surface area contributed by atoms with Gasteiger partial charge in [0.1, 0.15) is 11.6 Å². The van der Waals surface area contributed by atoms with Gasteiger partial charge in [-0.3, -0.25) is 4.79 Å². The Morgan fingerprint density at radius 2 is 2.00 bits per heavy atom. The molecule has 0 bridgehead atoms. The Bertz CT molecular complexity index is 520. The van der Waals surface area contributed by atoms with Gasteiger partial charge in [0, 0.05) is 26.1 Å². The number of methoxy groups -OCH3 is 1. The van der Waals surface area contributed by atoms with Crippen LogP contribution in [0.3, 0.4) is 0 Å².